The molecule has 0 spiro atoms. The van der Waals surface area contributed by atoms with Crippen LogP contribution in [0.5, 0.6) is 0 Å². The van der Waals surface area contributed by atoms with Gasteiger partial charge in [0, 0.05) is 154 Å². The zero-order valence-electron chi connectivity index (χ0n) is 53.9. The highest BCUT2D eigenvalue weighted by atomic mass is 16.5. The Kier molecular flexibility index (Phi) is 20.6. The number of anilines is 8. The monoisotopic (exact) mass is 1240 g/mol. The third-order valence-electron chi connectivity index (χ3n) is 18.4. The van der Waals surface area contributed by atoms with Gasteiger partial charge in [0.05, 0.1) is 91.4 Å². The Hall–Kier alpha value is -8.02. The normalized spacial score (nSPS) is 17.0. The second-order valence-corrected chi connectivity index (χ2v) is 23.6. The molecule has 2 aromatic heterocycles. The molecule has 7 aromatic carbocycles. The molecule has 4 unspecified atom stereocenters. The summed E-state index contributed by atoms with van der Waals surface area (Å²) in [5, 5.41) is 4.80. The van der Waals surface area contributed by atoms with Gasteiger partial charge in [0.2, 0.25) is 0 Å². The number of nitrogens with zero attached hydrogens (tertiary/aromatic N) is 6. The van der Waals surface area contributed by atoms with E-state index in [0.29, 0.717) is 106 Å². The summed E-state index contributed by atoms with van der Waals surface area (Å²) in [6.07, 6.45) is 18.2. The minimum Gasteiger partial charge on any atom is -0.379 e. The molecule has 0 saturated carbocycles. The Balaban J connectivity index is 0.910. The van der Waals surface area contributed by atoms with Crippen molar-refractivity contribution in [2.24, 2.45) is 0 Å². The zero-order chi connectivity index (χ0) is 62.6. The van der Waals surface area contributed by atoms with Gasteiger partial charge in [-0.3, -0.25) is 0 Å². The van der Waals surface area contributed by atoms with Crippen molar-refractivity contribution in [2.75, 3.05) is 138 Å². The van der Waals surface area contributed by atoms with Gasteiger partial charge in [-0.1, -0.05) is 85.0 Å². The number of para-hydroxylation sites is 2. The van der Waals surface area contributed by atoms with Crippen molar-refractivity contribution < 1.29 is 37.9 Å². The van der Waals surface area contributed by atoms with Gasteiger partial charge in [0.1, 0.15) is 0 Å². The Morgan fingerprint density at radius 1 is 0.304 bits per heavy atom. The summed E-state index contributed by atoms with van der Waals surface area (Å²) >= 11 is 0. The van der Waals surface area contributed by atoms with Gasteiger partial charge in [-0.15, -0.1) is 0 Å². The van der Waals surface area contributed by atoms with E-state index in [4.69, 9.17) is 37.9 Å². The quantitative estimate of drug-likeness (QED) is 0.0359. The highest BCUT2D eigenvalue weighted by Crippen LogP contribution is 2.50. The highest BCUT2D eigenvalue weighted by molar-refractivity contribution is 6.11. The molecule has 478 valence electrons. The first-order chi connectivity index (χ1) is 45.6. The van der Waals surface area contributed by atoms with Crippen molar-refractivity contribution in [1.29, 1.82) is 0 Å². The van der Waals surface area contributed by atoms with Gasteiger partial charge in [0.15, 0.2) is 0 Å². The maximum atomic E-state index is 6.14. The minimum absolute atomic E-state index is 0.187. The minimum atomic E-state index is 0.187. The van der Waals surface area contributed by atoms with Crippen molar-refractivity contribution in [3.05, 3.63) is 205 Å². The van der Waals surface area contributed by atoms with E-state index in [9.17, 15) is 0 Å². The molecule has 14 nitrogen and oxygen atoms in total. The zero-order valence-corrected chi connectivity index (χ0v) is 53.9. The number of ether oxygens (including phenoxy) is 8. The fourth-order valence-corrected chi connectivity index (χ4v) is 14.2. The molecule has 0 saturated heterocycles. The summed E-state index contributed by atoms with van der Waals surface area (Å²) < 4.78 is 51.7. The smallest absolute Gasteiger partial charge is 0.0701 e. The first kappa shape index (κ1) is 62.8. The van der Waals surface area contributed by atoms with Crippen LogP contribution in [0.1, 0.15) is 50.7 Å². The summed E-state index contributed by atoms with van der Waals surface area (Å²) in [4.78, 5) is 9.93. The largest absolute Gasteiger partial charge is 0.379 e. The molecule has 0 radical (unpaired) electrons. The van der Waals surface area contributed by atoms with Crippen LogP contribution in [-0.4, -0.2) is 140 Å². The van der Waals surface area contributed by atoms with E-state index in [0.717, 1.165) is 60.3 Å². The van der Waals surface area contributed by atoms with Gasteiger partial charge in [-0.25, -0.2) is 0 Å². The third-order valence-corrected chi connectivity index (χ3v) is 18.4. The molecular weight excluding hydrogens is 1150 g/mol. The summed E-state index contributed by atoms with van der Waals surface area (Å²) in [6, 6.07) is 55.2. The lowest BCUT2D eigenvalue weighted by Gasteiger charge is -2.30. The molecule has 4 aliphatic rings. The number of hydrogen-bond donors (Lipinski definition) is 0. The number of aromatic nitrogens is 2. The molecular formula is C78H88N6O8. The van der Waals surface area contributed by atoms with E-state index in [1.54, 1.807) is 0 Å². The van der Waals surface area contributed by atoms with Gasteiger partial charge < -0.3 is 66.6 Å². The number of allylic oxidation sites excluding steroid dienone is 4. The second-order valence-electron chi connectivity index (χ2n) is 23.6. The average Bonchev–Trinajstić information content (AvgIpc) is 1.56. The molecule has 0 N–H and O–H groups in total. The van der Waals surface area contributed by atoms with E-state index < -0.39 is 0 Å². The molecule has 92 heavy (non-hydrogen) atoms. The van der Waals surface area contributed by atoms with Crippen LogP contribution >= 0.6 is 0 Å². The van der Waals surface area contributed by atoms with Crippen LogP contribution < -0.4 is 19.6 Å². The molecule has 2 aliphatic heterocycles. The Morgan fingerprint density at radius 3 is 1.03 bits per heavy atom. The van der Waals surface area contributed by atoms with Crippen molar-refractivity contribution in [2.45, 2.75) is 64.7 Å². The van der Waals surface area contributed by atoms with E-state index >= 15 is 0 Å². The van der Waals surface area contributed by atoms with Crippen LogP contribution in [-0.2, 0) is 51.0 Å². The van der Waals surface area contributed by atoms with E-state index in [1.807, 2.05) is 27.7 Å². The Labute approximate surface area is 542 Å². The van der Waals surface area contributed by atoms with Gasteiger partial charge in [0.25, 0.3) is 0 Å². The summed E-state index contributed by atoms with van der Waals surface area (Å²) in [5.41, 5.74) is 16.2. The van der Waals surface area contributed by atoms with Crippen LogP contribution in [0.25, 0.3) is 43.6 Å². The predicted molar refractivity (Wildman–Crippen MR) is 375 cm³/mol. The summed E-state index contributed by atoms with van der Waals surface area (Å²) in [6.45, 7) is 20.9. The molecule has 9 aromatic rings. The molecule has 4 atom stereocenters. The van der Waals surface area contributed by atoms with E-state index in [2.05, 4.69) is 223 Å². The standard InChI is InChI=1S/C78H88N6O8/c1-5-85-45-49-89-41-37-79-71-21-13-9-17-63(71)67-53-59(29-33-75(67)79)83(60-30-34-76-68(54-60)64-18-10-14-22-72(64)80(76)38-42-90-50-46-86-6-2)57-25-27-58(28-26-57)84(61-31-35-77-69(55-61)65-19-11-15-23-73(65)81(77)39-43-91-51-47-87-7-3)62-32-36-78-70(56-62)66-20-12-16-24-74(66)82(78)40-44-92-52-48-88-8-4/h9-36,53-56,63,65,71,73H,5-8,37-52H2,1-4H3. The van der Waals surface area contributed by atoms with Crippen molar-refractivity contribution in [3.8, 4) is 0 Å². The fraction of sp³-hybridized carbons (Fsp3) is 0.359. The first-order valence-electron chi connectivity index (χ1n) is 33.4. The molecule has 0 amide bonds. The van der Waals surface area contributed by atoms with Gasteiger partial charge in [-0.2, -0.15) is 0 Å². The van der Waals surface area contributed by atoms with Crippen LogP contribution in [0.2, 0.25) is 0 Å². The lowest BCUT2D eigenvalue weighted by Crippen LogP contribution is -2.35. The van der Waals surface area contributed by atoms with Crippen LogP contribution in [0.15, 0.2) is 194 Å². The molecule has 2 aliphatic carbocycles. The summed E-state index contributed by atoms with van der Waals surface area (Å²) in [5.74, 6) is 0.373. The summed E-state index contributed by atoms with van der Waals surface area (Å²) in [7, 11) is 0. The fourth-order valence-electron chi connectivity index (χ4n) is 14.2. The molecule has 0 bridgehead atoms. The van der Waals surface area contributed by atoms with E-state index in [1.165, 1.54) is 66.1 Å². The van der Waals surface area contributed by atoms with Crippen molar-refractivity contribution in [3.63, 3.8) is 0 Å². The number of hydrogen-bond acceptors (Lipinski definition) is 12. The molecule has 14 heteroatoms. The third kappa shape index (κ3) is 13.2. The predicted octanol–water partition coefficient (Wildman–Crippen LogP) is 15.9. The lowest BCUT2D eigenvalue weighted by molar-refractivity contribution is 0.0503. The maximum absolute atomic E-state index is 6.14. The first-order valence-corrected chi connectivity index (χ1v) is 33.4. The van der Waals surface area contributed by atoms with Gasteiger partial charge >= 0.3 is 0 Å². The topological polar surface area (TPSA) is 96.7 Å². The van der Waals surface area contributed by atoms with Gasteiger partial charge in [-0.05, 0) is 148 Å². The highest BCUT2D eigenvalue weighted by Gasteiger charge is 2.39. The number of rotatable bonds is 34. The van der Waals surface area contributed by atoms with Crippen LogP contribution in [0.3, 0.4) is 0 Å². The molecule has 13 rings (SSSR count). The van der Waals surface area contributed by atoms with E-state index in [-0.39, 0.29) is 23.9 Å². The number of benzene rings is 7. The van der Waals surface area contributed by atoms with Crippen molar-refractivity contribution >= 4 is 89.1 Å². The SMILES string of the molecule is CCOCCOCCN1c2ccc(N(c3ccc(N(c4ccc5c(c4)C4C=CC=CC4N5CCOCCOCC)c4ccc5c(c4)c4ccccc4n5CCOCCOCC)cc3)c3ccc4c(c3)c3ccccc3n4CCOCCOCC)cc2C2C=CC=CC21. The Morgan fingerprint density at radius 2 is 0.630 bits per heavy atom. The molecule has 0 fully saturated rings. The average molecular weight is 1240 g/mol. The second kappa shape index (κ2) is 30.2. The van der Waals surface area contributed by atoms with Crippen LogP contribution in [0, 0.1) is 0 Å². The lowest BCUT2D eigenvalue weighted by atomic mass is 9.91. The van der Waals surface area contributed by atoms with Crippen molar-refractivity contribution in [1.82, 2.24) is 9.13 Å². The van der Waals surface area contributed by atoms with Crippen LogP contribution in [0.4, 0.5) is 45.5 Å². The molecule has 4 heterocycles. The maximum Gasteiger partial charge on any atom is 0.0701 e. The number of fused-ring (bicyclic) bond motifs is 12. The Bertz CT molecular complexity index is 3810.